The first-order valence-corrected chi connectivity index (χ1v) is 8.64. The predicted molar refractivity (Wildman–Crippen MR) is 107 cm³/mol. The molecule has 0 bridgehead atoms. The van der Waals surface area contributed by atoms with Gasteiger partial charge < -0.3 is 15.1 Å². The first-order valence-electron chi connectivity index (χ1n) is 8.64. The third-order valence-corrected chi connectivity index (χ3v) is 4.48. The Morgan fingerprint density at radius 3 is 2.60 bits per heavy atom. The van der Waals surface area contributed by atoms with Crippen LogP contribution in [0.15, 0.2) is 48.1 Å². The minimum atomic E-state index is -0.00849. The first-order chi connectivity index (χ1) is 12.0. The summed E-state index contributed by atoms with van der Waals surface area (Å²) in [5.41, 5.74) is 3.20. The Bertz CT molecular complexity index is 676. The highest BCUT2D eigenvalue weighted by Crippen LogP contribution is 2.23. The molecule has 1 aromatic carbocycles. The van der Waals surface area contributed by atoms with Crippen LogP contribution in [0.4, 0.5) is 0 Å². The van der Waals surface area contributed by atoms with Crippen LogP contribution >= 0.6 is 0 Å². The summed E-state index contributed by atoms with van der Waals surface area (Å²) in [5, 5.41) is 2.72. The van der Waals surface area contributed by atoms with Gasteiger partial charge in [0.1, 0.15) is 5.84 Å². The van der Waals surface area contributed by atoms with E-state index in [9.17, 15) is 4.79 Å². The average Bonchev–Trinajstić information content (AvgIpc) is 2.61. The Balaban J connectivity index is 0.00000338. The molecule has 1 saturated heterocycles. The third-order valence-electron chi connectivity index (χ3n) is 4.48. The fraction of sp³-hybridized carbons (Fsp3) is 0.400. The highest BCUT2D eigenvalue weighted by atomic mass is 16.1. The predicted octanol–water partition coefficient (Wildman–Crippen LogP) is 2.55. The van der Waals surface area contributed by atoms with Gasteiger partial charge in [0.2, 0.25) is 5.91 Å². The van der Waals surface area contributed by atoms with Crippen LogP contribution in [0.2, 0.25) is 0 Å². The number of benzene rings is 1. The molecular formula is C20H30N4O. The number of amides is 1. The van der Waals surface area contributed by atoms with Crippen molar-refractivity contribution in [3.63, 3.8) is 0 Å². The van der Waals surface area contributed by atoms with Gasteiger partial charge in [-0.1, -0.05) is 30.8 Å². The molecule has 2 rings (SSSR count). The van der Waals surface area contributed by atoms with Crippen LogP contribution in [0, 0.1) is 6.92 Å². The summed E-state index contributed by atoms with van der Waals surface area (Å²) in [6.45, 7) is 9.65. The van der Waals surface area contributed by atoms with E-state index in [0.29, 0.717) is 6.42 Å². The van der Waals surface area contributed by atoms with E-state index in [0.717, 1.165) is 48.7 Å². The molecule has 1 heterocycles. The number of amidine groups is 1. The summed E-state index contributed by atoms with van der Waals surface area (Å²) in [6.07, 6.45) is 3.93. The van der Waals surface area contributed by atoms with E-state index in [1.165, 1.54) is 0 Å². The largest absolute Gasteiger partial charge is 0.359 e. The van der Waals surface area contributed by atoms with Gasteiger partial charge in [-0.25, -0.2) is 4.99 Å². The van der Waals surface area contributed by atoms with Gasteiger partial charge in [-0.3, -0.25) is 4.79 Å². The number of likely N-dealkylation sites (N-methyl/N-ethyl adjacent to an activating group) is 1. The summed E-state index contributed by atoms with van der Waals surface area (Å²) in [5.74, 6) is 0.857. The molecule has 0 spiro atoms. The maximum Gasteiger partial charge on any atom is 0.224 e. The maximum absolute atomic E-state index is 12.0. The molecule has 0 saturated carbocycles. The van der Waals surface area contributed by atoms with E-state index in [-0.39, 0.29) is 7.33 Å². The summed E-state index contributed by atoms with van der Waals surface area (Å²) in [6, 6.07) is 8.13. The number of rotatable bonds is 5. The number of aliphatic imine (C=N–C) groups is 1. The molecule has 1 amide bonds. The molecular weight excluding hydrogens is 312 g/mol. The van der Waals surface area contributed by atoms with E-state index >= 15 is 0 Å². The molecule has 1 N–H and O–H groups in total. The van der Waals surface area contributed by atoms with Crippen molar-refractivity contribution in [3.05, 3.63) is 54.2 Å². The molecule has 0 unspecified atom stereocenters. The van der Waals surface area contributed by atoms with Crippen LogP contribution in [0.25, 0.3) is 5.57 Å². The lowest BCUT2D eigenvalue weighted by Crippen LogP contribution is -2.46. The first kappa shape index (κ1) is 18.9. The van der Waals surface area contributed by atoms with Gasteiger partial charge in [0, 0.05) is 40.9 Å². The Labute approximate surface area is 152 Å². The molecule has 1 aliphatic rings. The quantitative estimate of drug-likeness (QED) is 0.661. The summed E-state index contributed by atoms with van der Waals surface area (Å²) in [4.78, 5) is 21.1. The Kier molecular flexibility index (Phi) is 6.95. The van der Waals surface area contributed by atoms with Crippen molar-refractivity contribution in [3.8, 4) is 0 Å². The van der Waals surface area contributed by atoms with Gasteiger partial charge in [0.05, 0.1) is 6.42 Å². The monoisotopic (exact) mass is 342 g/mol. The number of nitrogens with zero attached hydrogens (tertiary/aromatic N) is 3. The van der Waals surface area contributed by atoms with E-state index in [1.54, 1.807) is 13.2 Å². The fourth-order valence-corrected chi connectivity index (χ4v) is 2.91. The number of aryl methyl sites for hydroxylation is 1. The number of piperazine rings is 1. The van der Waals surface area contributed by atoms with Crippen LogP contribution < -0.4 is 5.32 Å². The fourth-order valence-electron chi connectivity index (χ4n) is 2.91. The molecule has 0 aromatic heterocycles. The van der Waals surface area contributed by atoms with E-state index in [2.05, 4.69) is 52.8 Å². The number of hydrogen-bond acceptors (Lipinski definition) is 3. The number of hydrogen-bond donors (Lipinski definition) is 1. The van der Waals surface area contributed by atoms with Gasteiger partial charge in [0.25, 0.3) is 0 Å². The van der Waals surface area contributed by atoms with Crippen LogP contribution in [0.3, 0.4) is 0 Å². The second-order valence-electron chi connectivity index (χ2n) is 6.29. The molecule has 5 nitrogen and oxygen atoms in total. The number of nitrogens with one attached hydrogen (secondary N) is 1. The Morgan fingerprint density at radius 2 is 2.00 bits per heavy atom. The SMILES string of the molecule is C=CN=C(/C=C(\CC(=O)NC)c1ccccc1C)N1CCN(C)CC1.[HH]. The average molecular weight is 342 g/mol. The van der Waals surface area contributed by atoms with Crippen LogP contribution in [0.1, 0.15) is 19.0 Å². The summed E-state index contributed by atoms with van der Waals surface area (Å²) in [7, 11) is 3.79. The zero-order chi connectivity index (χ0) is 18.2. The van der Waals surface area contributed by atoms with Crippen LogP contribution in [-0.4, -0.2) is 61.8 Å². The maximum atomic E-state index is 12.0. The molecule has 0 atom stereocenters. The van der Waals surface area contributed by atoms with Gasteiger partial charge in [-0.05, 0) is 36.7 Å². The number of carbonyl (C=O) groups excluding carboxylic acids is 1. The van der Waals surface area contributed by atoms with Crippen molar-refractivity contribution >= 4 is 17.3 Å². The van der Waals surface area contributed by atoms with Crippen molar-refractivity contribution in [1.82, 2.24) is 15.1 Å². The van der Waals surface area contributed by atoms with E-state index < -0.39 is 0 Å². The molecule has 0 aliphatic carbocycles. The molecule has 1 fully saturated rings. The highest BCUT2D eigenvalue weighted by molar-refractivity contribution is 6.03. The lowest BCUT2D eigenvalue weighted by Gasteiger charge is -2.34. The van der Waals surface area contributed by atoms with Gasteiger partial charge in [0.15, 0.2) is 0 Å². The zero-order valence-corrected chi connectivity index (χ0v) is 15.5. The smallest absolute Gasteiger partial charge is 0.224 e. The molecule has 1 aliphatic heterocycles. The lowest BCUT2D eigenvalue weighted by atomic mass is 9.97. The van der Waals surface area contributed by atoms with Crippen molar-refractivity contribution in [2.75, 3.05) is 40.3 Å². The molecule has 0 radical (unpaired) electrons. The Hall–Kier alpha value is -2.40. The molecule has 1 aromatic rings. The zero-order valence-electron chi connectivity index (χ0n) is 15.5. The Morgan fingerprint density at radius 1 is 1.32 bits per heavy atom. The molecule has 5 heteroatoms. The van der Waals surface area contributed by atoms with Crippen molar-refractivity contribution in [1.29, 1.82) is 0 Å². The minimum absolute atomic E-state index is 0. The highest BCUT2D eigenvalue weighted by Gasteiger charge is 2.18. The third kappa shape index (κ3) is 5.29. The van der Waals surface area contributed by atoms with Gasteiger partial charge in [-0.15, -0.1) is 0 Å². The second kappa shape index (κ2) is 9.18. The van der Waals surface area contributed by atoms with Crippen LogP contribution in [-0.2, 0) is 4.79 Å². The molecule has 25 heavy (non-hydrogen) atoms. The van der Waals surface area contributed by atoms with Gasteiger partial charge in [-0.2, -0.15) is 0 Å². The topological polar surface area (TPSA) is 47.9 Å². The summed E-state index contributed by atoms with van der Waals surface area (Å²) >= 11 is 0. The van der Waals surface area contributed by atoms with E-state index in [1.807, 2.05) is 18.2 Å². The lowest BCUT2D eigenvalue weighted by molar-refractivity contribution is -0.119. The van der Waals surface area contributed by atoms with E-state index in [4.69, 9.17) is 0 Å². The second-order valence-corrected chi connectivity index (χ2v) is 6.29. The van der Waals surface area contributed by atoms with Crippen LogP contribution in [0.5, 0.6) is 0 Å². The minimum Gasteiger partial charge on any atom is -0.359 e. The van der Waals surface area contributed by atoms with Gasteiger partial charge >= 0.3 is 0 Å². The normalized spacial score (nSPS) is 16.7. The summed E-state index contributed by atoms with van der Waals surface area (Å²) < 4.78 is 0. The number of carbonyl (C=O) groups is 1. The van der Waals surface area contributed by atoms with Crippen molar-refractivity contribution in [2.45, 2.75) is 13.3 Å². The van der Waals surface area contributed by atoms with Crippen molar-refractivity contribution in [2.24, 2.45) is 4.99 Å². The van der Waals surface area contributed by atoms with Crippen molar-refractivity contribution < 1.29 is 6.22 Å². The standard InChI is InChI=1S/C20H28N4O.H2/c1-5-22-19(24-12-10-23(4)11-13-24)14-17(15-20(25)21-3)18-9-7-6-8-16(18)2;/h5-9,14H,1,10-13,15H2,2-4H3,(H,21,25);1H/b17-14+,22-19?;. The molecule has 136 valence electrons.